The van der Waals surface area contributed by atoms with Gasteiger partial charge in [0.2, 0.25) is 5.91 Å². The van der Waals surface area contributed by atoms with E-state index in [-0.39, 0.29) is 29.0 Å². The highest BCUT2D eigenvalue weighted by molar-refractivity contribution is 5.98. The maximum atomic E-state index is 12.8. The normalized spacial score (nSPS) is 21.0. The molecule has 1 unspecified atom stereocenters. The highest BCUT2D eigenvalue weighted by Crippen LogP contribution is 2.25. The fourth-order valence-electron chi connectivity index (χ4n) is 3.72. The van der Waals surface area contributed by atoms with E-state index in [9.17, 15) is 19.7 Å². The number of carbonyl (C=O) groups excluding carboxylic acids is 2. The summed E-state index contributed by atoms with van der Waals surface area (Å²) in [6.07, 6.45) is 4.76. The Balaban J connectivity index is 1.72. The predicted octanol–water partition coefficient (Wildman–Crippen LogP) is 2.46. The van der Waals surface area contributed by atoms with E-state index in [4.69, 9.17) is 0 Å². The summed E-state index contributed by atoms with van der Waals surface area (Å²) in [6, 6.07) is 6.00. The van der Waals surface area contributed by atoms with Crippen LogP contribution in [-0.2, 0) is 4.79 Å². The van der Waals surface area contributed by atoms with E-state index >= 15 is 0 Å². The molecule has 0 aromatic heterocycles. The molecule has 2 heterocycles. The van der Waals surface area contributed by atoms with Crippen LogP contribution in [0.3, 0.4) is 0 Å². The average molecular weight is 345 g/mol. The number of likely N-dealkylation sites (tertiary alicyclic amines) is 2. The Morgan fingerprint density at radius 1 is 1.00 bits per heavy atom. The van der Waals surface area contributed by atoms with Crippen LogP contribution in [0.4, 0.5) is 5.69 Å². The van der Waals surface area contributed by atoms with Crippen molar-refractivity contribution in [2.75, 3.05) is 26.2 Å². The first-order chi connectivity index (χ1) is 12.1. The lowest BCUT2D eigenvalue weighted by Gasteiger charge is -2.36. The molecule has 1 atom stereocenters. The zero-order chi connectivity index (χ0) is 17.8. The van der Waals surface area contributed by atoms with Crippen molar-refractivity contribution < 1.29 is 14.5 Å². The Kier molecular flexibility index (Phi) is 5.31. The second-order valence-electron chi connectivity index (χ2n) is 6.75. The molecule has 1 aromatic rings. The number of benzene rings is 1. The first kappa shape index (κ1) is 17.4. The van der Waals surface area contributed by atoms with E-state index in [1.807, 2.05) is 4.90 Å². The van der Waals surface area contributed by atoms with Gasteiger partial charge in [-0.25, -0.2) is 0 Å². The van der Waals surface area contributed by atoms with Gasteiger partial charge < -0.3 is 9.80 Å². The van der Waals surface area contributed by atoms with E-state index in [2.05, 4.69) is 0 Å². The van der Waals surface area contributed by atoms with Crippen LogP contribution in [0.15, 0.2) is 24.3 Å². The minimum Gasteiger partial charge on any atom is -0.342 e. The van der Waals surface area contributed by atoms with E-state index < -0.39 is 4.92 Å². The maximum Gasteiger partial charge on any atom is 0.282 e. The van der Waals surface area contributed by atoms with E-state index in [0.29, 0.717) is 13.1 Å². The van der Waals surface area contributed by atoms with Gasteiger partial charge in [-0.05, 0) is 38.2 Å². The van der Waals surface area contributed by atoms with Crippen LogP contribution in [-0.4, -0.2) is 52.7 Å². The summed E-state index contributed by atoms with van der Waals surface area (Å²) in [5, 5.41) is 11.2. The van der Waals surface area contributed by atoms with Crippen LogP contribution >= 0.6 is 0 Å². The number of carbonyl (C=O) groups is 2. The molecule has 2 saturated heterocycles. The van der Waals surface area contributed by atoms with Crippen LogP contribution in [0.2, 0.25) is 0 Å². The molecule has 0 aliphatic carbocycles. The lowest BCUT2D eigenvalue weighted by Crippen LogP contribution is -2.48. The van der Waals surface area contributed by atoms with Crippen molar-refractivity contribution in [1.82, 2.24) is 9.80 Å². The van der Waals surface area contributed by atoms with Crippen LogP contribution in [0, 0.1) is 16.0 Å². The summed E-state index contributed by atoms with van der Waals surface area (Å²) in [5.74, 6) is -0.429. The Morgan fingerprint density at radius 2 is 1.68 bits per heavy atom. The van der Waals surface area contributed by atoms with Gasteiger partial charge in [0.05, 0.1) is 10.8 Å². The molecule has 0 spiro atoms. The number of nitro groups is 1. The Bertz CT molecular complexity index is 670. The van der Waals surface area contributed by atoms with Crippen LogP contribution in [0.25, 0.3) is 0 Å². The smallest absolute Gasteiger partial charge is 0.282 e. The van der Waals surface area contributed by atoms with Crippen molar-refractivity contribution in [2.24, 2.45) is 5.92 Å². The van der Waals surface area contributed by atoms with Crippen LogP contribution < -0.4 is 0 Å². The van der Waals surface area contributed by atoms with Crippen LogP contribution in [0.5, 0.6) is 0 Å². The van der Waals surface area contributed by atoms with Gasteiger partial charge in [0, 0.05) is 32.2 Å². The second-order valence-corrected chi connectivity index (χ2v) is 6.75. The number of amides is 2. The number of nitro benzene ring substituents is 1. The third kappa shape index (κ3) is 3.81. The number of hydrogen-bond acceptors (Lipinski definition) is 4. The number of piperidine rings is 2. The fraction of sp³-hybridized carbons (Fsp3) is 0.556. The molecule has 134 valence electrons. The summed E-state index contributed by atoms with van der Waals surface area (Å²) in [6.45, 7) is 2.48. The van der Waals surface area contributed by atoms with Gasteiger partial charge in [0.25, 0.3) is 11.6 Å². The molecule has 0 saturated carbocycles. The Morgan fingerprint density at radius 3 is 2.40 bits per heavy atom. The summed E-state index contributed by atoms with van der Waals surface area (Å²) in [5.41, 5.74) is -0.0875. The molecular weight excluding hydrogens is 322 g/mol. The predicted molar refractivity (Wildman–Crippen MR) is 92.2 cm³/mol. The van der Waals surface area contributed by atoms with Gasteiger partial charge in [-0.1, -0.05) is 12.1 Å². The molecule has 7 nitrogen and oxygen atoms in total. The van der Waals surface area contributed by atoms with Gasteiger partial charge in [0.15, 0.2) is 0 Å². The molecule has 2 aliphatic heterocycles. The molecule has 1 aromatic carbocycles. The largest absolute Gasteiger partial charge is 0.342 e. The van der Waals surface area contributed by atoms with Gasteiger partial charge in [-0.15, -0.1) is 0 Å². The molecule has 0 radical (unpaired) electrons. The number of rotatable bonds is 3. The molecule has 2 fully saturated rings. The lowest BCUT2D eigenvalue weighted by molar-refractivity contribution is -0.385. The zero-order valence-electron chi connectivity index (χ0n) is 14.2. The Hall–Kier alpha value is -2.44. The number of hydrogen-bond donors (Lipinski definition) is 0. The highest BCUT2D eigenvalue weighted by Gasteiger charge is 2.33. The minimum absolute atomic E-state index is 0.0959. The lowest BCUT2D eigenvalue weighted by atomic mass is 9.95. The molecule has 3 rings (SSSR count). The van der Waals surface area contributed by atoms with Crippen LogP contribution in [0.1, 0.15) is 42.5 Å². The molecule has 0 bridgehead atoms. The van der Waals surface area contributed by atoms with Crippen molar-refractivity contribution in [1.29, 1.82) is 0 Å². The van der Waals surface area contributed by atoms with Gasteiger partial charge >= 0.3 is 0 Å². The number of para-hydroxylation sites is 1. The summed E-state index contributed by atoms with van der Waals surface area (Å²) >= 11 is 0. The molecule has 2 amide bonds. The quantitative estimate of drug-likeness (QED) is 0.622. The molecular formula is C18H23N3O4. The van der Waals surface area contributed by atoms with Crippen molar-refractivity contribution in [3.63, 3.8) is 0 Å². The summed E-state index contributed by atoms with van der Waals surface area (Å²) < 4.78 is 0. The summed E-state index contributed by atoms with van der Waals surface area (Å²) in [4.78, 5) is 39.6. The average Bonchev–Trinajstić information content (AvgIpc) is 2.67. The first-order valence-electron chi connectivity index (χ1n) is 8.89. The van der Waals surface area contributed by atoms with E-state index in [1.165, 1.54) is 12.1 Å². The van der Waals surface area contributed by atoms with Crippen molar-refractivity contribution in [2.45, 2.75) is 32.1 Å². The fourth-order valence-corrected chi connectivity index (χ4v) is 3.72. The maximum absolute atomic E-state index is 12.8. The van der Waals surface area contributed by atoms with Gasteiger partial charge in [0.1, 0.15) is 5.56 Å². The number of nitrogens with zero attached hydrogens (tertiary/aromatic N) is 3. The standard InChI is InChI=1S/C18H23N3O4/c22-17(19-10-4-1-5-11-19)14-7-6-12-20(13-14)18(23)15-8-2-3-9-16(15)21(24)25/h2-3,8-9,14H,1,4-7,10-13H2. The van der Waals surface area contributed by atoms with Gasteiger partial charge in [-0.2, -0.15) is 0 Å². The Labute approximate surface area is 146 Å². The van der Waals surface area contributed by atoms with E-state index in [1.54, 1.807) is 17.0 Å². The van der Waals surface area contributed by atoms with E-state index in [0.717, 1.165) is 45.2 Å². The third-order valence-electron chi connectivity index (χ3n) is 5.06. The van der Waals surface area contributed by atoms with Crippen molar-refractivity contribution >= 4 is 17.5 Å². The van der Waals surface area contributed by atoms with Crippen molar-refractivity contribution in [3.05, 3.63) is 39.9 Å². The molecule has 25 heavy (non-hydrogen) atoms. The first-order valence-corrected chi connectivity index (χ1v) is 8.89. The highest BCUT2D eigenvalue weighted by atomic mass is 16.6. The third-order valence-corrected chi connectivity index (χ3v) is 5.06. The topological polar surface area (TPSA) is 83.8 Å². The van der Waals surface area contributed by atoms with Gasteiger partial charge in [-0.3, -0.25) is 19.7 Å². The zero-order valence-corrected chi connectivity index (χ0v) is 14.2. The summed E-state index contributed by atoms with van der Waals surface area (Å²) in [7, 11) is 0. The monoisotopic (exact) mass is 345 g/mol. The molecule has 2 aliphatic rings. The van der Waals surface area contributed by atoms with Crippen molar-refractivity contribution in [3.8, 4) is 0 Å². The molecule has 7 heteroatoms. The SMILES string of the molecule is O=C(c1ccccc1[N+](=O)[O-])N1CCCC(C(=O)N2CCCCC2)C1. The molecule has 0 N–H and O–H groups in total. The second kappa shape index (κ2) is 7.63. The minimum atomic E-state index is -0.534.